The second-order valence-electron chi connectivity index (χ2n) is 3.69. The Balaban J connectivity index is 2.19. The normalized spacial score (nSPS) is 26.4. The highest BCUT2D eigenvalue weighted by molar-refractivity contribution is 5.20. The van der Waals surface area contributed by atoms with Crippen LogP contribution < -0.4 is 0 Å². The molecule has 1 heterocycles. The third-order valence-electron chi connectivity index (χ3n) is 2.80. The molecule has 3 nitrogen and oxygen atoms in total. The Bertz CT molecular complexity index is 358. The largest absolute Gasteiger partial charge is 0.361 e. The van der Waals surface area contributed by atoms with Crippen molar-refractivity contribution in [1.29, 1.82) is 5.26 Å². The van der Waals surface area contributed by atoms with E-state index in [0.717, 1.165) is 0 Å². The predicted octanol–water partition coefficient (Wildman–Crippen LogP) is 1.93. The Kier molecular flexibility index (Phi) is 3.00. The summed E-state index contributed by atoms with van der Waals surface area (Å²) in [6, 6.07) is 12.6. The van der Waals surface area contributed by atoms with Gasteiger partial charge >= 0.3 is 0 Å². The summed E-state index contributed by atoms with van der Waals surface area (Å²) >= 11 is 0. The molecule has 1 aromatic rings. The lowest BCUT2D eigenvalue weighted by atomic mass is 10.1. The highest BCUT2D eigenvalue weighted by Crippen LogP contribution is 2.29. The van der Waals surface area contributed by atoms with Gasteiger partial charge in [-0.15, -0.1) is 0 Å². The van der Waals surface area contributed by atoms with Crippen molar-refractivity contribution in [3.8, 4) is 6.07 Å². The van der Waals surface area contributed by atoms with Crippen LogP contribution in [0.2, 0.25) is 0 Å². The second-order valence-corrected chi connectivity index (χ2v) is 3.69. The first-order valence-corrected chi connectivity index (χ1v) is 5.12. The number of hydrogen-bond donors (Lipinski definition) is 0. The summed E-state index contributed by atoms with van der Waals surface area (Å²) in [7, 11) is 0. The number of ether oxygens (including phenoxy) is 1. The summed E-state index contributed by atoms with van der Waals surface area (Å²) in [6.07, 6.45) is 0.0369. The van der Waals surface area contributed by atoms with Crippen LogP contribution >= 0.6 is 0 Å². The molecule has 0 unspecified atom stereocenters. The average Bonchev–Trinajstić information content (AvgIpc) is 2.63. The molecule has 0 saturated carbocycles. The van der Waals surface area contributed by atoms with Gasteiger partial charge in [-0.05, 0) is 12.5 Å². The number of nitriles is 1. The van der Waals surface area contributed by atoms with Crippen molar-refractivity contribution in [2.75, 3.05) is 13.2 Å². The Hall–Kier alpha value is -1.37. The zero-order valence-electron chi connectivity index (χ0n) is 8.76. The molecular formula is C12H14N2O. The lowest BCUT2D eigenvalue weighted by molar-refractivity contribution is 0.0536. The topological polar surface area (TPSA) is 36.3 Å². The van der Waals surface area contributed by atoms with Gasteiger partial charge in [0, 0.05) is 0 Å². The fourth-order valence-corrected chi connectivity index (χ4v) is 1.96. The van der Waals surface area contributed by atoms with Crippen molar-refractivity contribution >= 4 is 0 Å². The van der Waals surface area contributed by atoms with E-state index in [0.29, 0.717) is 13.2 Å². The first-order chi connectivity index (χ1) is 7.33. The SMILES string of the molecule is C[C@@H]1OC[C@@H](c2ccccc2)N1CC#N. The maximum atomic E-state index is 8.76. The van der Waals surface area contributed by atoms with Gasteiger partial charge in [-0.2, -0.15) is 5.26 Å². The van der Waals surface area contributed by atoms with Crippen LogP contribution in [0.25, 0.3) is 0 Å². The number of rotatable bonds is 2. The highest BCUT2D eigenvalue weighted by atomic mass is 16.5. The van der Waals surface area contributed by atoms with Crippen molar-refractivity contribution in [1.82, 2.24) is 4.90 Å². The van der Waals surface area contributed by atoms with E-state index in [2.05, 4.69) is 23.1 Å². The molecule has 1 aliphatic heterocycles. The molecule has 0 aliphatic carbocycles. The molecule has 0 radical (unpaired) electrons. The van der Waals surface area contributed by atoms with Crippen molar-refractivity contribution < 1.29 is 4.74 Å². The summed E-state index contributed by atoms with van der Waals surface area (Å²) in [5.41, 5.74) is 1.22. The first kappa shape index (κ1) is 10.2. The van der Waals surface area contributed by atoms with Crippen LogP contribution in [0.1, 0.15) is 18.5 Å². The van der Waals surface area contributed by atoms with Crippen LogP contribution in [0.3, 0.4) is 0 Å². The zero-order valence-corrected chi connectivity index (χ0v) is 8.76. The molecule has 0 N–H and O–H groups in total. The molecule has 78 valence electrons. The summed E-state index contributed by atoms with van der Waals surface area (Å²) in [4.78, 5) is 2.08. The van der Waals surface area contributed by atoms with Crippen LogP contribution in [-0.4, -0.2) is 24.3 Å². The van der Waals surface area contributed by atoms with Gasteiger partial charge in [0.2, 0.25) is 0 Å². The highest BCUT2D eigenvalue weighted by Gasteiger charge is 2.31. The Morgan fingerprint density at radius 3 is 2.87 bits per heavy atom. The number of benzene rings is 1. The van der Waals surface area contributed by atoms with Crippen LogP contribution in [0.5, 0.6) is 0 Å². The summed E-state index contributed by atoms with van der Waals surface area (Å²) in [5, 5.41) is 8.76. The summed E-state index contributed by atoms with van der Waals surface area (Å²) < 4.78 is 5.56. The van der Waals surface area contributed by atoms with E-state index in [1.807, 2.05) is 25.1 Å². The van der Waals surface area contributed by atoms with Gasteiger partial charge in [0.05, 0.1) is 25.3 Å². The molecule has 0 amide bonds. The Morgan fingerprint density at radius 1 is 1.47 bits per heavy atom. The van der Waals surface area contributed by atoms with Gasteiger partial charge in [0.15, 0.2) is 0 Å². The standard InChI is InChI=1S/C12H14N2O/c1-10-14(8-7-13)12(9-15-10)11-5-3-2-4-6-11/h2-6,10,12H,8-9H2,1H3/t10-,12-/m0/s1. The summed E-state index contributed by atoms with van der Waals surface area (Å²) in [6.45, 7) is 3.08. The molecule has 0 spiro atoms. The third kappa shape index (κ3) is 2.01. The first-order valence-electron chi connectivity index (χ1n) is 5.12. The van der Waals surface area contributed by atoms with Gasteiger partial charge in [-0.1, -0.05) is 30.3 Å². The van der Waals surface area contributed by atoms with E-state index in [9.17, 15) is 0 Å². The maximum Gasteiger partial charge on any atom is 0.109 e. The lowest BCUT2D eigenvalue weighted by Gasteiger charge is -2.23. The fourth-order valence-electron chi connectivity index (χ4n) is 1.96. The van der Waals surface area contributed by atoms with Crippen molar-refractivity contribution in [2.24, 2.45) is 0 Å². The van der Waals surface area contributed by atoms with Crippen LogP contribution in [-0.2, 0) is 4.74 Å². The minimum Gasteiger partial charge on any atom is -0.361 e. The number of nitrogens with zero attached hydrogens (tertiary/aromatic N) is 2. The quantitative estimate of drug-likeness (QED) is 0.687. The molecule has 1 saturated heterocycles. The summed E-state index contributed by atoms with van der Waals surface area (Å²) in [5.74, 6) is 0. The van der Waals surface area contributed by atoms with Crippen LogP contribution in [0, 0.1) is 11.3 Å². The Labute approximate surface area is 89.9 Å². The molecule has 0 aromatic heterocycles. The van der Waals surface area contributed by atoms with Gasteiger partial charge in [0.1, 0.15) is 6.23 Å². The Morgan fingerprint density at radius 2 is 2.20 bits per heavy atom. The van der Waals surface area contributed by atoms with Crippen LogP contribution in [0.4, 0.5) is 0 Å². The van der Waals surface area contributed by atoms with Crippen LogP contribution in [0.15, 0.2) is 30.3 Å². The molecule has 1 fully saturated rings. The molecule has 1 aliphatic rings. The van der Waals surface area contributed by atoms with E-state index < -0.39 is 0 Å². The van der Waals surface area contributed by atoms with E-state index in [1.54, 1.807) is 0 Å². The monoisotopic (exact) mass is 202 g/mol. The van der Waals surface area contributed by atoms with Gasteiger partial charge < -0.3 is 4.74 Å². The molecule has 2 atom stereocenters. The van der Waals surface area contributed by atoms with E-state index >= 15 is 0 Å². The predicted molar refractivity (Wildman–Crippen MR) is 56.9 cm³/mol. The van der Waals surface area contributed by atoms with Crippen molar-refractivity contribution in [3.05, 3.63) is 35.9 Å². The molecule has 1 aromatic carbocycles. The molecule has 3 heteroatoms. The van der Waals surface area contributed by atoms with Gasteiger partial charge in [0.25, 0.3) is 0 Å². The number of hydrogen-bond acceptors (Lipinski definition) is 3. The molecular weight excluding hydrogens is 188 g/mol. The van der Waals surface area contributed by atoms with E-state index in [-0.39, 0.29) is 12.3 Å². The molecule has 0 bridgehead atoms. The van der Waals surface area contributed by atoms with Gasteiger partial charge in [-0.25, -0.2) is 0 Å². The van der Waals surface area contributed by atoms with Crippen molar-refractivity contribution in [3.63, 3.8) is 0 Å². The lowest BCUT2D eigenvalue weighted by Crippen LogP contribution is -2.30. The van der Waals surface area contributed by atoms with E-state index in [1.165, 1.54) is 5.56 Å². The van der Waals surface area contributed by atoms with Crippen molar-refractivity contribution in [2.45, 2.75) is 19.2 Å². The average molecular weight is 202 g/mol. The van der Waals surface area contributed by atoms with Gasteiger partial charge in [-0.3, -0.25) is 4.90 Å². The maximum absolute atomic E-state index is 8.76. The molecule has 15 heavy (non-hydrogen) atoms. The smallest absolute Gasteiger partial charge is 0.109 e. The fraction of sp³-hybridized carbons (Fsp3) is 0.417. The van der Waals surface area contributed by atoms with E-state index in [4.69, 9.17) is 10.00 Å². The third-order valence-corrected chi connectivity index (χ3v) is 2.80. The second kappa shape index (κ2) is 4.43. The minimum atomic E-state index is 0.0369. The minimum absolute atomic E-state index is 0.0369. The molecule has 2 rings (SSSR count). The zero-order chi connectivity index (χ0) is 10.7.